The molecular formula is C24H24ClN3O4S. The van der Waals surface area contributed by atoms with Crippen molar-refractivity contribution in [3.05, 3.63) is 77.6 Å². The summed E-state index contributed by atoms with van der Waals surface area (Å²) in [7, 11) is 1.63. The molecule has 2 N–H and O–H groups in total. The molecule has 0 saturated carbocycles. The molecule has 2 fully saturated rings. The zero-order valence-electron chi connectivity index (χ0n) is 17.9. The third kappa shape index (κ3) is 4.79. The Morgan fingerprint density at radius 1 is 1.09 bits per heavy atom. The minimum absolute atomic E-state index is 0.325. The molecule has 2 saturated heterocycles. The summed E-state index contributed by atoms with van der Waals surface area (Å²) >= 11 is 7.74. The molecule has 172 valence electrons. The van der Waals surface area contributed by atoms with E-state index < -0.39 is 23.9 Å². The van der Waals surface area contributed by atoms with E-state index in [1.807, 2.05) is 54.6 Å². The van der Waals surface area contributed by atoms with Gasteiger partial charge in [0.15, 0.2) is 6.29 Å². The molecular weight excluding hydrogens is 462 g/mol. The largest absolute Gasteiger partial charge is 0.376 e. The number of rotatable bonds is 5. The van der Waals surface area contributed by atoms with E-state index in [9.17, 15) is 0 Å². The van der Waals surface area contributed by atoms with Crippen molar-refractivity contribution < 1.29 is 18.9 Å². The van der Waals surface area contributed by atoms with E-state index in [0.717, 1.165) is 21.8 Å². The van der Waals surface area contributed by atoms with Crippen molar-refractivity contribution in [2.75, 3.05) is 13.7 Å². The molecule has 0 amide bonds. The normalized spacial score (nSPS) is 29.4. The highest BCUT2D eigenvalue weighted by atomic mass is 35.5. The Morgan fingerprint density at radius 2 is 1.91 bits per heavy atom. The van der Waals surface area contributed by atoms with E-state index >= 15 is 0 Å². The summed E-state index contributed by atoms with van der Waals surface area (Å²) < 4.78 is 24.4. The molecule has 9 heteroatoms. The van der Waals surface area contributed by atoms with Gasteiger partial charge in [0, 0.05) is 30.0 Å². The Morgan fingerprint density at radius 3 is 2.67 bits per heavy atom. The van der Waals surface area contributed by atoms with Crippen LogP contribution in [-0.4, -0.2) is 53.5 Å². The fraction of sp³-hybridized carbons (Fsp3) is 0.333. The Hall–Kier alpha value is -2.04. The number of aromatic nitrogens is 2. The van der Waals surface area contributed by atoms with Gasteiger partial charge in [-0.2, -0.15) is 0 Å². The van der Waals surface area contributed by atoms with Gasteiger partial charge in [-0.05, 0) is 18.2 Å². The second kappa shape index (κ2) is 10.1. The van der Waals surface area contributed by atoms with Crippen molar-refractivity contribution in [2.24, 2.45) is 5.73 Å². The molecule has 4 heterocycles. The molecule has 0 spiro atoms. The predicted molar refractivity (Wildman–Crippen MR) is 126 cm³/mol. The molecule has 7 nitrogen and oxygen atoms in total. The van der Waals surface area contributed by atoms with E-state index in [4.69, 9.17) is 36.3 Å². The molecule has 6 atom stereocenters. The third-order valence-electron chi connectivity index (χ3n) is 5.71. The van der Waals surface area contributed by atoms with Crippen molar-refractivity contribution in [1.29, 1.82) is 0 Å². The van der Waals surface area contributed by atoms with Gasteiger partial charge in [-0.3, -0.25) is 9.97 Å². The smallest absolute Gasteiger partial charge is 0.184 e. The zero-order valence-corrected chi connectivity index (χ0v) is 19.5. The fourth-order valence-electron chi connectivity index (χ4n) is 4.10. The number of methoxy groups -OCH3 is 1. The lowest BCUT2D eigenvalue weighted by atomic mass is 9.97. The molecule has 0 radical (unpaired) electrons. The fourth-order valence-corrected chi connectivity index (χ4v) is 5.66. The standard InChI is InChI=1S/C24H24ClN3O4S/c1-29-22-19(26)21-17(13-30-23(32-21)14-7-3-2-4-8-14)31-24(22)33-18-11-15(25)12-28-20(18)16-9-5-6-10-27-16/h2-12,17,19,21-24H,13,26H2,1H3. The van der Waals surface area contributed by atoms with E-state index in [2.05, 4.69) is 9.97 Å². The van der Waals surface area contributed by atoms with Gasteiger partial charge < -0.3 is 24.7 Å². The van der Waals surface area contributed by atoms with Crippen molar-refractivity contribution in [2.45, 2.75) is 41.0 Å². The van der Waals surface area contributed by atoms with Gasteiger partial charge in [0.1, 0.15) is 29.4 Å². The number of benzene rings is 1. The van der Waals surface area contributed by atoms with Crippen LogP contribution in [0.5, 0.6) is 0 Å². The van der Waals surface area contributed by atoms with Crippen LogP contribution in [0.3, 0.4) is 0 Å². The van der Waals surface area contributed by atoms with Crippen molar-refractivity contribution >= 4 is 23.4 Å². The first-order valence-corrected chi connectivity index (χ1v) is 11.9. The molecule has 0 aliphatic carbocycles. The monoisotopic (exact) mass is 485 g/mol. The van der Waals surface area contributed by atoms with Gasteiger partial charge in [-0.15, -0.1) is 0 Å². The first kappa shape index (κ1) is 22.7. The SMILES string of the molecule is COC1C(Sc2cc(Cl)cnc2-c2ccccn2)OC2COC(c3ccccc3)OC2C1N. The summed E-state index contributed by atoms with van der Waals surface area (Å²) in [5, 5.41) is 0.527. The van der Waals surface area contributed by atoms with E-state index in [1.165, 1.54) is 11.8 Å². The highest BCUT2D eigenvalue weighted by molar-refractivity contribution is 8.00. The number of halogens is 1. The van der Waals surface area contributed by atoms with E-state index in [-0.39, 0.29) is 12.2 Å². The van der Waals surface area contributed by atoms with Gasteiger partial charge in [0.25, 0.3) is 0 Å². The average molecular weight is 486 g/mol. The number of ether oxygens (including phenoxy) is 4. The molecule has 2 aliphatic heterocycles. The summed E-state index contributed by atoms with van der Waals surface area (Å²) in [4.78, 5) is 9.78. The first-order chi connectivity index (χ1) is 16.1. The van der Waals surface area contributed by atoms with Crippen molar-refractivity contribution in [3.63, 3.8) is 0 Å². The number of fused-ring (bicyclic) bond motifs is 1. The van der Waals surface area contributed by atoms with Gasteiger partial charge in [0.2, 0.25) is 0 Å². The quantitative estimate of drug-likeness (QED) is 0.578. The van der Waals surface area contributed by atoms with Crippen LogP contribution in [0, 0.1) is 0 Å². The third-order valence-corrected chi connectivity index (χ3v) is 7.09. The Bertz CT molecular complexity index is 1080. The van der Waals surface area contributed by atoms with Crippen molar-refractivity contribution in [1.82, 2.24) is 9.97 Å². The van der Waals surface area contributed by atoms with Crippen LogP contribution >= 0.6 is 23.4 Å². The second-order valence-corrected chi connectivity index (χ2v) is 9.41. The Kier molecular flexibility index (Phi) is 6.94. The molecule has 6 unspecified atom stereocenters. The van der Waals surface area contributed by atoms with Crippen LogP contribution in [0.15, 0.2) is 71.9 Å². The predicted octanol–water partition coefficient (Wildman–Crippen LogP) is 4.07. The molecule has 0 bridgehead atoms. The lowest BCUT2D eigenvalue weighted by Gasteiger charge is -2.48. The van der Waals surface area contributed by atoms with Gasteiger partial charge in [-0.25, -0.2) is 0 Å². The molecule has 2 aliphatic rings. The van der Waals surface area contributed by atoms with Crippen LogP contribution in [0.25, 0.3) is 11.4 Å². The zero-order chi connectivity index (χ0) is 22.8. The van der Waals surface area contributed by atoms with E-state index in [0.29, 0.717) is 11.6 Å². The highest BCUT2D eigenvalue weighted by Crippen LogP contribution is 2.41. The van der Waals surface area contributed by atoms with Crippen molar-refractivity contribution in [3.8, 4) is 11.4 Å². The molecule has 3 aromatic rings. The number of pyridine rings is 2. The number of thioether (sulfide) groups is 1. The first-order valence-electron chi connectivity index (χ1n) is 10.6. The Labute approximate surface area is 201 Å². The molecule has 2 aromatic heterocycles. The second-order valence-electron chi connectivity index (χ2n) is 7.83. The van der Waals surface area contributed by atoms with Gasteiger partial charge >= 0.3 is 0 Å². The van der Waals surface area contributed by atoms with Crippen LogP contribution < -0.4 is 5.73 Å². The minimum Gasteiger partial charge on any atom is -0.376 e. The number of hydrogen-bond donors (Lipinski definition) is 1. The van der Waals surface area contributed by atoms with Gasteiger partial charge in [0.05, 0.1) is 23.4 Å². The van der Waals surface area contributed by atoms with Crippen LogP contribution in [0.4, 0.5) is 0 Å². The maximum absolute atomic E-state index is 6.65. The number of nitrogens with two attached hydrogens (primary N) is 1. The van der Waals surface area contributed by atoms with E-state index in [1.54, 1.807) is 19.5 Å². The van der Waals surface area contributed by atoms with Crippen LogP contribution in [-0.2, 0) is 18.9 Å². The molecule has 33 heavy (non-hydrogen) atoms. The number of hydrogen-bond acceptors (Lipinski definition) is 8. The van der Waals surface area contributed by atoms with Crippen LogP contribution in [0.1, 0.15) is 11.9 Å². The maximum Gasteiger partial charge on any atom is 0.184 e. The lowest BCUT2D eigenvalue weighted by molar-refractivity contribution is -0.298. The maximum atomic E-state index is 6.65. The minimum atomic E-state index is -0.489. The lowest BCUT2D eigenvalue weighted by Crippen LogP contribution is -2.64. The Balaban J connectivity index is 1.38. The molecule has 1 aromatic carbocycles. The summed E-state index contributed by atoms with van der Waals surface area (Å²) in [5.41, 5.74) is 8.66. The summed E-state index contributed by atoms with van der Waals surface area (Å²) in [6.45, 7) is 0.367. The van der Waals surface area contributed by atoms with Gasteiger partial charge in [-0.1, -0.05) is 59.8 Å². The summed E-state index contributed by atoms with van der Waals surface area (Å²) in [6.07, 6.45) is 1.75. The average Bonchev–Trinajstić information content (AvgIpc) is 2.85. The molecule has 5 rings (SSSR count). The summed E-state index contributed by atoms with van der Waals surface area (Å²) in [6, 6.07) is 16.9. The highest BCUT2D eigenvalue weighted by Gasteiger charge is 2.49. The van der Waals surface area contributed by atoms with Crippen LogP contribution in [0.2, 0.25) is 5.02 Å². The summed E-state index contributed by atoms with van der Waals surface area (Å²) in [5.74, 6) is 0. The number of nitrogens with zero attached hydrogens (tertiary/aromatic N) is 2. The topological polar surface area (TPSA) is 88.7 Å².